The molecule has 0 atom stereocenters. The lowest BCUT2D eigenvalue weighted by Crippen LogP contribution is -2.05. The Labute approximate surface area is 124 Å². The van der Waals surface area contributed by atoms with E-state index in [4.69, 9.17) is 4.74 Å². The highest BCUT2D eigenvalue weighted by Crippen LogP contribution is 2.22. The summed E-state index contributed by atoms with van der Waals surface area (Å²) in [6.07, 6.45) is 3.10. The molecule has 0 fully saturated rings. The summed E-state index contributed by atoms with van der Waals surface area (Å²) in [5.41, 5.74) is 1.18. The predicted octanol–water partition coefficient (Wildman–Crippen LogP) is 2.92. The van der Waals surface area contributed by atoms with E-state index in [1.807, 2.05) is 24.6 Å². The maximum Gasteiger partial charge on any atom is 0.152 e. The van der Waals surface area contributed by atoms with Gasteiger partial charge in [0.15, 0.2) is 5.82 Å². The molecule has 0 unspecified atom stereocenters. The van der Waals surface area contributed by atoms with Crippen molar-refractivity contribution in [2.45, 2.75) is 26.8 Å². The van der Waals surface area contributed by atoms with Crippen LogP contribution in [0.4, 0.5) is 0 Å². The van der Waals surface area contributed by atoms with Crippen molar-refractivity contribution >= 4 is 10.9 Å². The molecule has 1 aromatic carbocycles. The first-order valence-corrected chi connectivity index (χ1v) is 7.25. The van der Waals surface area contributed by atoms with Crippen LogP contribution in [0.1, 0.15) is 25.0 Å². The first-order valence-electron chi connectivity index (χ1n) is 7.25. The normalized spacial score (nSPS) is 11.2. The Hall–Kier alpha value is -2.30. The van der Waals surface area contributed by atoms with Gasteiger partial charge in [0.2, 0.25) is 0 Å². The van der Waals surface area contributed by atoms with Gasteiger partial charge in [-0.25, -0.2) is 0 Å². The van der Waals surface area contributed by atoms with Gasteiger partial charge < -0.3 is 13.9 Å². The number of hydrogen-bond acceptors (Lipinski definition) is 3. The summed E-state index contributed by atoms with van der Waals surface area (Å²) in [6.45, 7) is 5.54. The maximum atomic E-state index is 5.68. The van der Waals surface area contributed by atoms with Crippen molar-refractivity contribution in [2.75, 3.05) is 6.61 Å². The van der Waals surface area contributed by atoms with Crippen molar-refractivity contribution in [3.8, 4) is 5.75 Å². The van der Waals surface area contributed by atoms with Crippen LogP contribution in [0.2, 0.25) is 0 Å². The van der Waals surface area contributed by atoms with Crippen LogP contribution in [0.5, 0.6) is 5.75 Å². The molecule has 0 aliphatic heterocycles. The number of benzene rings is 1. The maximum absolute atomic E-state index is 5.68. The minimum Gasteiger partial charge on any atom is -0.494 e. The Morgan fingerprint density at radius 2 is 2.05 bits per heavy atom. The van der Waals surface area contributed by atoms with E-state index in [1.165, 1.54) is 10.9 Å². The van der Waals surface area contributed by atoms with Crippen LogP contribution in [0, 0.1) is 6.92 Å². The minimum absolute atomic E-state index is 0.718. The second-order valence-electron chi connectivity index (χ2n) is 5.24. The van der Waals surface area contributed by atoms with Crippen molar-refractivity contribution in [1.29, 1.82) is 0 Å². The van der Waals surface area contributed by atoms with Crippen LogP contribution in [-0.2, 0) is 13.6 Å². The molecule has 2 aromatic heterocycles. The van der Waals surface area contributed by atoms with Gasteiger partial charge in [0.25, 0.3) is 0 Å². The number of nitrogens with zero attached hydrogens (tertiary/aromatic N) is 4. The summed E-state index contributed by atoms with van der Waals surface area (Å²) in [4.78, 5) is 0. The average Bonchev–Trinajstić information content (AvgIpc) is 3.03. The van der Waals surface area contributed by atoms with Crippen LogP contribution in [-0.4, -0.2) is 25.9 Å². The van der Waals surface area contributed by atoms with E-state index in [-0.39, 0.29) is 0 Å². The lowest BCUT2D eigenvalue weighted by Gasteiger charge is -2.07. The Morgan fingerprint density at radius 1 is 1.19 bits per heavy atom. The third-order valence-corrected chi connectivity index (χ3v) is 3.71. The topological polar surface area (TPSA) is 44.9 Å². The van der Waals surface area contributed by atoms with Gasteiger partial charge in [-0.1, -0.05) is 6.92 Å². The van der Waals surface area contributed by atoms with Gasteiger partial charge in [0, 0.05) is 24.1 Å². The number of ether oxygens (including phenoxy) is 1. The Bertz CT molecular complexity index is 757. The van der Waals surface area contributed by atoms with E-state index >= 15 is 0 Å². The second-order valence-corrected chi connectivity index (χ2v) is 5.24. The summed E-state index contributed by atoms with van der Waals surface area (Å²) >= 11 is 0. The largest absolute Gasteiger partial charge is 0.494 e. The van der Waals surface area contributed by atoms with Crippen molar-refractivity contribution in [2.24, 2.45) is 7.05 Å². The quantitative estimate of drug-likeness (QED) is 0.723. The Kier molecular flexibility index (Phi) is 3.64. The third-order valence-electron chi connectivity index (χ3n) is 3.71. The molecule has 0 radical (unpaired) electrons. The SMILES string of the molecule is CCCOc1ccc2c(ccn2Cc2nnc(C)n2C)c1. The monoisotopic (exact) mass is 284 g/mol. The average molecular weight is 284 g/mol. The van der Waals surface area contributed by atoms with Crippen molar-refractivity contribution in [1.82, 2.24) is 19.3 Å². The third kappa shape index (κ3) is 2.63. The highest BCUT2D eigenvalue weighted by Gasteiger charge is 2.08. The highest BCUT2D eigenvalue weighted by atomic mass is 16.5. The molecule has 3 aromatic rings. The second kappa shape index (κ2) is 5.60. The minimum atomic E-state index is 0.718. The van der Waals surface area contributed by atoms with E-state index in [0.29, 0.717) is 0 Å². The summed E-state index contributed by atoms with van der Waals surface area (Å²) in [5, 5.41) is 9.51. The molecule has 0 aliphatic carbocycles. The Balaban J connectivity index is 1.88. The van der Waals surface area contributed by atoms with E-state index in [1.54, 1.807) is 0 Å². The molecule has 5 heteroatoms. The summed E-state index contributed by atoms with van der Waals surface area (Å²) < 4.78 is 9.88. The molecular weight excluding hydrogens is 264 g/mol. The van der Waals surface area contributed by atoms with E-state index < -0.39 is 0 Å². The summed E-state index contributed by atoms with van der Waals surface area (Å²) in [6, 6.07) is 8.32. The van der Waals surface area contributed by atoms with Gasteiger partial charge in [-0.15, -0.1) is 10.2 Å². The molecule has 3 rings (SSSR count). The van der Waals surface area contributed by atoms with Gasteiger partial charge in [-0.3, -0.25) is 0 Å². The molecule has 0 N–H and O–H groups in total. The molecule has 0 aliphatic rings. The molecule has 0 saturated heterocycles. The lowest BCUT2D eigenvalue weighted by molar-refractivity contribution is 0.318. The zero-order valence-corrected chi connectivity index (χ0v) is 12.7. The zero-order valence-electron chi connectivity index (χ0n) is 12.7. The zero-order chi connectivity index (χ0) is 14.8. The molecule has 110 valence electrons. The highest BCUT2D eigenvalue weighted by molar-refractivity contribution is 5.81. The predicted molar refractivity (Wildman–Crippen MR) is 82.6 cm³/mol. The number of hydrogen-bond donors (Lipinski definition) is 0. The summed E-state index contributed by atoms with van der Waals surface area (Å²) in [5.74, 6) is 2.81. The first-order chi connectivity index (χ1) is 10.2. The smallest absolute Gasteiger partial charge is 0.152 e. The van der Waals surface area contributed by atoms with Crippen molar-refractivity contribution in [3.63, 3.8) is 0 Å². The van der Waals surface area contributed by atoms with Gasteiger partial charge in [0.1, 0.15) is 11.6 Å². The number of aryl methyl sites for hydroxylation is 1. The Morgan fingerprint density at radius 3 is 2.76 bits per heavy atom. The standard InChI is InChI=1S/C16H20N4O/c1-4-9-21-14-5-6-15-13(10-14)7-8-20(15)11-16-18-17-12(2)19(16)3/h5-8,10H,4,9,11H2,1-3H3. The molecule has 0 amide bonds. The van der Waals surface area contributed by atoms with Crippen molar-refractivity contribution in [3.05, 3.63) is 42.1 Å². The number of rotatable bonds is 5. The van der Waals surface area contributed by atoms with Crippen LogP contribution in [0.3, 0.4) is 0 Å². The van der Waals surface area contributed by atoms with Crippen LogP contribution < -0.4 is 4.74 Å². The molecule has 21 heavy (non-hydrogen) atoms. The first kappa shape index (κ1) is 13.7. The van der Waals surface area contributed by atoms with Gasteiger partial charge >= 0.3 is 0 Å². The molecule has 0 spiro atoms. The van der Waals surface area contributed by atoms with E-state index in [9.17, 15) is 0 Å². The molecule has 0 saturated carbocycles. The lowest BCUT2D eigenvalue weighted by atomic mass is 10.2. The van der Waals surface area contributed by atoms with E-state index in [2.05, 4.69) is 46.1 Å². The van der Waals surface area contributed by atoms with Gasteiger partial charge in [-0.2, -0.15) is 0 Å². The number of aromatic nitrogens is 4. The number of fused-ring (bicyclic) bond motifs is 1. The molecule has 0 bridgehead atoms. The van der Waals surface area contributed by atoms with Crippen LogP contribution >= 0.6 is 0 Å². The fraction of sp³-hybridized carbons (Fsp3) is 0.375. The van der Waals surface area contributed by atoms with Crippen molar-refractivity contribution < 1.29 is 4.74 Å². The van der Waals surface area contributed by atoms with E-state index in [0.717, 1.165) is 37.0 Å². The van der Waals surface area contributed by atoms with Crippen LogP contribution in [0.25, 0.3) is 10.9 Å². The molecule has 5 nitrogen and oxygen atoms in total. The molecule has 2 heterocycles. The van der Waals surface area contributed by atoms with Crippen LogP contribution in [0.15, 0.2) is 30.5 Å². The summed E-state index contributed by atoms with van der Waals surface area (Å²) in [7, 11) is 1.99. The van der Waals surface area contributed by atoms with Gasteiger partial charge in [-0.05, 0) is 37.6 Å². The van der Waals surface area contributed by atoms with Gasteiger partial charge in [0.05, 0.1) is 13.2 Å². The molecular formula is C16H20N4O. The fourth-order valence-electron chi connectivity index (χ4n) is 2.37. The fourth-order valence-corrected chi connectivity index (χ4v) is 2.37.